The lowest BCUT2D eigenvalue weighted by atomic mass is 9.91. The first kappa shape index (κ1) is 20.4. The molecule has 2 fully saturated rings. The van der Waals surface area contributed by atoms with E-state index < -0.39 is 0 Å². The smallest absolute Gasteiger partial charge is 0.289 e. The van der Waals surface area contributed by atoms with Crippen LogP contribution in [-0.2, 0) is 17.6 Å². The molecule has 1 saturated carbocycles. The third-order valence-electron chi connectivity index (χ3n) is 6.73. The highest BCUT2D eigenvalue weighted by Crippen LogP contribution is 2.29. The molecule has 31 heavy (non-hydrogen) atoms. The number of hydrogen-bond acceptors (Lipinski definition) is 6. The van der Waals surface area contributed by atoms with Crippen LogP contribution in [0.25, 0.3) is 0 Å². The summed E-state index contributed by atoms with van der Waals surface area (Å²) in [5.41, 5.74) is 2.79. The first-order valence-corrected chi connectivity index (χ1v) is 11.5. The maximum atomic E-state index is 12.4. The lowest BCUT2D eigenvalue weighted by molar-refractivity contribution is 0.0691. The lowest BCUT2D eigenvalue weighted by Crippen LogP contribution is -2.41. The van der Waals surface area contributed by atoms with Crippen LogP contribution in [0.3, 0.4) is 0 Å². The number of fused-ring (bicyclic) bond motifs is 1. The van der Waals surface area contributed by atoms with Crippen molar-refractivity contribution in [2.45, 2.75) is 57.0 Å². The van der Waals surface area contributed by atoms with Crippen LogP contribution in [0.1, 0.15) is 53.8 Å². The second-order valence-corrected chi connectivity index (χ2v) is 8.76. The summed E-state index contributed by atoms with van der Waals surface area (Å²) in [5, 5.41) is 2.98. The summed E-state index contributed by atoms with van der Waals surface area (Å²) >= 11 is 0. The van der Waals surface area contributed by atoms with Crippen LogP contribution >= 0.6 is 0 Å². The number of hydrogen-bond donors (Lipinski definition) is 1. The predicted octanol–water partition coefficient (Wildman–Crippen LogP) is 3.13. The van der Waals surface area contributed by atoms with Gasteiger partial charge >= 0.3 is 0 Å². The molecule has 0 spiro atoms. The van der Waals surface area contributed by atoms with E-state index in [1.165, 1.54) is 30.4 Å². The van der Waals surface area contributed by atoms with Gasteiger partial charge < -0.3 is 14.8 Å². The van der Waals surface area contributed by atoms with Gasteiger partial charge in [-0.1, -0.05) is 12.5 Å². The third kappa shape index (κ3) is 4.88. The fraction of sp³-hybridized carbons (Fsp3) is 0.542. The molecule has 1 aromatic heterocycles. The van der Waals surface area contributed by atoms with Crippen molar-refractivity contribution < 1.29 is 14.3 Å². The molecule has 0 atom stereocenters. The number of benzene rings is 1. The Morgan fingerprint density at radius 2 is 1.74 bits per heavy atom. The quantitative estimate of drug-likeness (QED) is 0.798. The summed E-state index contributed by atoms with van der Waals surface area (Å²) in [6.07, 6.45) is 11.0. The van der Waals surface area contributed by atoms with Crippen molar-refractivity contribution in [3.63, 3.8) is 0 Å². The molecule has 3 aliphatic rings. The van der Waals surface area contributed by atoms with Crippen molar-refractivity contribution >= 4 is 5.91 Å². The van der Waals surface area contributed by atoms with E-state index in [1.807, 2.05) is 6.07 Å². The number of ether oxygens (including phenoxy) is 2. The highest BCUT2D eigenvalue weighted by atomic mass is 16.5. The number of nitrogens with one attached hydrogen (secondary N) is 1. The molecule has 0 bridgehead atoms. The molecule has 5 rings (SSSR count). The molecule has 1 aliphatic carbocycles. The standard InChI is InChI=1S/C24H30N4O3/c29-24(27-19-8-12-30-13-9-19)23-25-15-22(16-26-23)31-21-5-4-17-6-10-28(20-2-1-3-20)11-7-18(17)14-21/h4-5,14-16,19-20H,1-3,6-13H2,(H,27,29). The fourth-order valence-electron chi connectivity index (χ4n) is 4.61. The molecule has 3 heterocycles. The van der Waals surface area contributed by atoms with Crippen LogP contribution in [0.5, 0.6) is 11.5 Å². The first-order valence-electron chi connectivity index (χ1n) is 11.5. The van der Waals surface area contributed by atoms with E-state index in [4.69, 9.17) is 9.47 Å². The van der Waals surface area contributed by atoms with Gasteiger partial charge in [0.05, 0.1) is 12.4 Å². The minimum absolute atomic E-state index is 0.126. The number of rotatable bonds is 5. The molecule has 0 radical (unpaired) electrons. The van der Waals surface area contributed by atoms with Crippen LogP contribution in [0.4, 0.5) is 0 Å². The van der Waals surface area contributed by atoms with E-state index in [2.05, 4.69) is 32.3 Å². The zero-order valence-corrected chi connectivity index (χ0v) is 17.9. The van der Waals surface area contributed by atoms with Gasteiger partial charge in [0.1, 0.15) is 5.75 Å². The molecule has 0 unspecified atom stereocenters. The van der Waals surface area contributed by atoms with Crippen LogP contribution in [-0.4, -0.2) is 59.2 Å². The molecular weight excluding hydrogens is 392 g/mol. The minimum atomic E-state index is -0.250. The number of carbonyl (C=O) groups excluding carboxylic acids is 1. The number of carbonyl (C=O) groups is 1. The van der Waals surface area contributed by atoms with Gasteiger partial charge in [0.25, 0.3) is 5.91 Å². The summed E-state index contributed by atoms with van der Waals surface area (Å²) in [6, 6.07) is 7.27. The minimum Gasteiger partial charge on any atom is -0.454 e. The second-order valence-electron chi connectivity index (χ2n) is 8.76. The monoisotopic (exact) mass is 422 g/mol. The summed E-state index contributed by atoms with van der Waals surface area (Å²) in [4.78, 5) is 23.4. The Labute approximate surface area is 183 Å². The van der Waals surface area contributed by atoms with E-state index in [0.717, 1.165) is 50.6 Å². The molecule has 1 aromatic carbocycles. The molecule has 7 heteroatoms. The SMILES string of the molecule is O=C(NC1CCOCC1)c1ncc(Oc2ccc3c(c2)CCN(C2CCC2)CC3)cn1. The Kier molecular flexibility index (Phi) is 6.13. The molecule has 1 amide bonds. The van der Waals surface area contributed by atoms with E-state index in [0.29, 0.717) is 19.0 Å². The lowest BCUT2D eigenvalue weighted by Gasteiger charge is -2.36. The van der Waals surface area contributed by atoms with Crippen LogP contribution in [0.2, 0.25) is 0 Å². The average molecular weight is 423 g/mol. The topological polar surface area (TPSA) is 76.6 Å². The number of nitrogens with zero attached hydrogens (tertiary/aromatic N) is 3. The van der Waals surface area contributed by atoms with E-state index in [-0.39, 0.29) is 17.8 Å². The third-order valence-corrected chi connectivity index (χ3v) is 6.73. The summed E-state index contributed by atoms with van der Waals surface area (Å²) < 4.78 is 11.3. The number of aromatic nitrogens is 2. The highest BCUT2D eigenvalue weighted by molar-refractivity contribution is 5.90. The summed E-state index contributed by atoms with van der Waals surface area (Å²) in [5.74, 6) is 1.24. The van der Waals surface area contributed by atoms with Gasteiger partial charge in [0, 0.05) is 38.4 Å². The number of amides is 1. The van der Waals surface area contributed by atoms with Gasteiger partial charge in [-0.15, -0.1) is 0 Å². The zero-order chi connectivity index (χ0) is 21.0. The van der Waals surface area contributed by atoms with Crippen molar-refractivity contribution in [2.75, 3.05) is 26.3 Å². The molecule has 2 aliphatic heterocycles. The summed E-state index contributed by atoms with van der Waals surface area (Å²) in [7, 11) is 0. The Balaban J connectivity index is 1.19. The maximum Gasteiger partial charge on any atom is 0.289 e. The Morgan fingerprint density at radius 1 is 1.00 bits per heavy atom. The van der Waals surface area contributed by atoms with Gasteiger partial charge in [-0.25, -0.2) is 9.97 Å². The second kappa shape index (κ2) is 9.32. The molecule has 2 aromatic rings. The summed E-state index contributed by atoms with van der Waals surface area (Å²) in [6.45, 7) is 3.64. The van der Waals surface area contributed by atoms with Gasteiger partial charge in [0.2, 0.25) is 5.82 Å². The van der Waals surface area contributed by atoms with Crippen LogP contribution < -0.4 is 10.1 Å². The van der Waals surface area contributed by atoms with Crippen LogP contribution in [0, 0.1) is 0 Å². The van der Waals surface area contributed by atoms with E-state index in [1.54, 1.807) is 12.4 Å². The van der Waals surface area contributed by atoms with Crippen molar-refractivity contribution in [3.05, 3.63) is 47.5 Å². The van der Waals surface area contributed by atoms with E-state index in [9.17, 15) is 4.79 Å². The van der Waals surface area contributed by atoms with Gasteiger partial charge in [-0.2, -0.15) is 0 Å². The van der Waals surface area contributed by atoms with Gasteiger partial charge in [-0.3, -0.25) is 9.69 Å². The Hall–Kier alpha value is -2.51. The zero-order valence-electron chi connectivity index (χ0n) is 17.9. The fourth-order valence-corrected chi connectivity index (χ4v) is 4.61. The normalized spacial score (nSPS) is 20.4. The maximum absolute atomic E-state index is 12.4. The van der Waals surface area contributed by atoms with Gasteiger partial charge in [0.15, 0.2) is 5.75 Å². The molecular formula is C24H30N4O3. The van der Waals surface area contributed by atoms with Crippen molar-refractivity contribution in [1.82, 2.24) is 20.2 Å². The first-order chi connectivity index (χ1) is 15.2. The Morgan fingerprint density at radius 3 is 2.45 bits per heavy atom. The molecule has 1 saturated heterocycles. The van der Waals surface area contributed by atoms with Crippen molar-refractivity contribution in [3.8, 4) is 11.5 Å². The molecule has 164 valence electrons. The largest absolute Gasteiger partial charge is 0.454 e. The highest BCUT2D eigenvalue weighted by Gasteiger charge is 2.26. The molecule has 7 nitrogen and oxygen atoms in total. The Bertz CT molecular complexity index is 908. The van der Waals surface area contributed by atoms with Gasteiger partial charge in [-0.05, 0) is 61.8 Å². The predicted molar refractivity (Wildman–Crippen MR) is 116 cm³/mol. The van der Waals surface area contributed by atoms with E-state index >= 15 is 0 Å². The molecule has 1 N–H and O–H groups in total. The average Bonchev–Trinajstić information content (AvgIpc) is 2.96. The van der Waals surface area contributed by atoms with Crippen LogP contribution in [0.15, 0.2) is 30.6 Å². The van der Waals surface area contributed by atoms with Crippen molar-refractivity contribution in [2.24, 2.45) is 0 Å². The van der Waals surface area contributed by atoms with Crippen molar-refractivity contribution in [1.29, 1.82) is 0 Å².